The SMILES string of the molecule is COc1ccc2[nH]c3c(c2c1)CCN1C(=O)CN(Cc2ccc4c(c2)OCO4)C(=O)[C@]31C. The van der Waals surface area contributed by atoms with Crippen LogP contribution in [0, 0.1) is 0 Å². The zero-order valence-electron chi connectivity index (χ0n) is 17.9. The number of methoxy groups -OCH3 is 1. The summed E-state index contributed by atoms with van der Waals surface area (Å²) < 4.78 is 16.2. The third-order valence-electron chi connectivity index (χ3n) is 6.87. The average Bonchev–Trinajstić information content (AvgIpc) is 3.41. The first kappa shape index (κ1) is 19.0. The largest absolute Gasteiger partial charge is 0.497 e. The van der Waals surface area contributed by atoms with Gasteiger partial charge in [-0.3, -0.25) is 9.59 Å². The van der Waals surface area contributed by atoms with Crippen LogP contribution < -0.4 is 14.2 Å². The van der Waals surface area contributed by atoms with Gasteiger partial charge in [0.1, 0.15) is 12.3 Å². The van der Waals surface area contributed by atoms with Crippen molar-refractivity contribution < 1.29 is 23.8 Å². The molecule has 2 aromatic carbocycles. The van der Waals surface area contributed by atoms with Gasteiger partial charge in [-0.25, -0.2) is 0 Å². The van der Waals surface area contributed by atoms with Crippen LogP contribution in [-0.4, -0.2) is 53.6 Å². The molecule has 164 valence electrons. The van der Waals surface area contributed by atoms with E-state index in [4.69, 9.17) is 14.2 Å². The van der Waals surface area contributed by atoms with Gasteiger partial charge in [0.2, 0.25) is 12.7 Å². The number of nitrogens with zero attached hydrogens (tertiary/aromatic N) is 2. The van der Waals surface area contributed by atoms with E-state index in [1.807, 2.05) is 43.3 Å². The van der Waals surface area contributed by atoms with Gasteiger partial charge in [0.25, 0.3) is 5.91 Å². The molecular weight excluding hydrogens is 410 g/mol. The second kappa shape index (κ2) is 6.66. The lowest BCUT2D eigenvalue weighted by molar-refractivity contribution is -0.166. The number of nitrogens with one attached hydrogen (secondary N) is 1. The Labute approximate surface area is 184 Å². The maximum Gasteiger partial charge on any atom is 0.255 e. The second-order valence-corrected chi connectivity index (χ2v) is 8.61. The molecule has 3 aliphatic rings. The molecule has 32 heavy (non-hydrogen) atoms. The number of aromatic amines is 1. The Hall–Kier alpha value is -3.68. The standard InChI is InChI=1S/C24H23N3O5/c1-24-22-16(17-10-15(30-2)4-5-18(17)25-22)7-8-27(24)21(28)12-26(23(24)29)11-14-3-6-19-20(9-14)32-13-31-19/h3-6,9-10,25H,7-8,11-13H2,1-2H3/t24-/m0/s1. The van der Waals surface area contributed by atoms with E-state index in [1.165, 1.54) is 0 Å². The molecule has 0 radical (unpaired) electrons. The predicted molar refractivity (Wildman–Crippen MR) is 116 cm³/mol. The van der Waals surface area contributed by atoms with Crippen molar-refractivity contribution in [2.75, 3.05) is 27.0 Å². The van der Waals surface area contributed by atoms with Crippen LogP contribution in [0.2, 0.25) is 0 Å². The molecule has 1 atom stereocenters. The highest BCUT2D eigenvalue weighted by molar-refractivity contribution is 6.00. The monoisotopic (exact) mass is 433 g/mol. The van der Waals surface area contributed by atoms with Crippen LogP contribution in [0.5, 0.6) is 17.2 Å². The van der Waals surface area contributed by atoms with Gasteiger partial charge in [-0.15, -0.1) is 0 Å². The summed E-state index contributed by atoms with van der Waals surface area (Å²) in [7, 11) is 1.64. The number of benzene rings is 2. The molecule has 0 bridgehead atoms. The maximum absolute atomic E-state index is 13.9. The molecule has 4 heterocycles. The molecule has 3 aromatic rings. The number of carbonyl (C=O) groups excluding carboxylic acids is 2. The smallest absolute Gasteiger partial charge is 0.255 e. The van der Waals surface area contributed by atoms with Gasteiger partial charge >= 0.3 is 0 Å². The first-order valence-corrected chi connectivity index (χ1v) is 10.7. The Bertz CT molecular complexity index is 1280. The molecule has 1 fully saturated rings. The van der Waals surface area contributed by atoms with Crippen LogP contribution >= 0.6 is 0 Å². The molecule has 1 N–H and O–H groups in total. The molecule has 8 nitrogen and oxygen atoms in total. The minimum atomic E-state index is -1.08. The van der Waals surface area contributed by atoms with E-state index < -0.39 is 5.54 Å². The highest BCUT2D eigenvalue weighted by Gasteiger charge is 2.54. The summed E-state index contributed by atoms with van der Waals surface area (Å²) in [5.74, 6) is 1.99. The van der Waals surface area contributed by atoms with Gasteiger partial charge in [-0.05, 0) is 54.8 Å². The molecule has 0 aliphatic carbocycles. The van der Waals surface area contributed by atoms with E-state index >= 15 is 0 Å². The minimum Gasteiger partial charge on any atom is -0.497 e. The van der Waals surface area contributed by atoms with Gasteiger partial charge in [-0.1, -0.05) is 6.07 Å². The number of amides is 2. The zero-order valence-corrected chi connectivity index (χ0v) is 17.9. The molecule has 0 spiro atoms. The summed E-state index contributed by atoms with van der Waals surface area (Å²) in [6.45, 7) is 2.95. The Morgan fingerprint density at radius 2 is 1.97 bits per heavy atom. The van der Waals surface area contributed by atoms with Gasteiger partial charge in [0, 0.05) is 24.0 Å². The van der Waals surface area contributed by atoms with E-state index in [2.05, 4.69) is 4.98 Å². The lowest BCUT2D eigenvalue weighted by Crippen LogP contribution is -2.66. The summed E-state index contributed by atoms with van der Waals surface area (Å²) in [6.07, 6.45) is 0.694. The third-order valence-corrected chi connectivity index (χ3v) is 6.87. The number of H-pyrrole nitrogens is 1. The number of ether oxygens (including phenoxy) is 3. The number of hydrogen-bond acceptors (Lipinski definition) is 5. The van der Waals surface area contributed by atoms with Crippen molar-refractivity contribution in [3.05, 3.63) is 53.2 Å². The summed E-state index contributed by atoms with van der Waals surface area (Å²) in [5.41, 5.74) is 2.62. The van der Waals surface area contributed by atoms with Crippen molar-refractivity contribution in [1.29, 1.82) is 0 Å². The van der Waals surface area contributed by atoms with Crippen LogP contribution in [-0.2, 0) is 28.1 Å². The molecule has 8 heteroatoms. The topological polar surface area (TPSA) is 84.1 Å². The highest BCUT2D eigenvalue weighted by atomic mass is 16.7. The molecule has 2 amide bonds. The number of hydrogen-bond donors (Lipinski definition) is 1. The quantitative estimate of drug-likeness (QED) is 0.686. The van der Waals surface area contributed by atoms with Crippen molar-refractivity contribution in [2.45, 2.75) is 25.4 Å². The number of carbonyl (C=O) groups is 2. The van der Waals surface area contributed by atoms with Gasteiger partial charge < -0.3 is 29.0 Å². The normalized spacial score (nSPS) is 21.7. The van der Waals surface area contributed by atoms with Gasteiger partial charge in [-0.2, -0.15) is 0 Å². The van der Waals surface area contributed by atoms with Crippen molar-refractivity contribution >= 4 is 22.7 Å². The molecule has 0 unspecified atom stereocenters. The molecule has 0 saturated carbocycles. The fourth-order valence-electron chi connectivity index (χ4n) is 5.22. The van der Waals surface area contributed by atoms with E-state index in [0.717, 1.165) is 33.5 Å². The fraction of sp³-hybridized carbons (Fsp3) is 0.333. The van der Waals surface area contributed by atoms with Crippen molar-refractivity contribution in [1.82, 2.24) is 14.8 Å². The Morgan fingerprint density at radius 3 is 2.81 bits per heavy atom. The summed E-state index contributed by atoms with van der Waals surface area (Å²) >= 11 is 0. The first-order valence-electron chi connectivity index (χ1n) is 10.7. The number of piperazine rings is 1. The van der Waals surface area contributed by atoms with Crippen molar-refractivity contribution in [3.63, 3.8) is 0 Å². The van der Waals surface area contributed by atoms with Crippen molar-refractivity contribution in [2.24, 2.45) is 0 Å². The molecule has 3 aliphatic heterocycles. The molecular formula is C24H23N3O5. The fourth-order valence-corrected chi connectivity index (χ4v) is 5.22. The Kier molecular flexibility index (Phi) is 3.96. The minimum absolute atomic E-state index is 0.0465. The van der Waals surface area contributed by atoms with E-state index in [9.17, 15) is 9.59 Å². The summed E-state index contributed by atoms with van der Waals surface area (Å²) in [4.78, 5) is 33.8. The van der Waals surface area contributed by atoms with Gasteiger partial charge in [0.15, 0.2) is 17.0 Å². The number of aromatic nitrogens is 1. The summed E-state index contributed by atoms with van der Waals surface area (Å²) in [6, 6.07) is 11.5. The van der Waals surface area contributed by atoms with E-state index in [0.29, 0.717) is 31.0 Å². The Balaban J connectivity index is 1.40. The second-order valence-electron chi connectivity index (χ2n) is 8.61. The molecule has 1 saturated heterocycles. The average molecular weight is 433 g/mol. The maximum atomic E-state index is 13.9. The zero-order chi connectivity index (χ0) is 22.0. The van der Waals surface area contributed by atoms with Crippen LogP contribution in [0.25, 0.3) is 10.9 Å². The van der Waals surface area contributed by atoms with Crippen LogP contribution in [0.4, 0.5) is 0 Å². The van der Waals surface area contributed by atoms with Gasteiger partial charge in [0.05, 0.1) is 12.8 Å². The predicted octanol–water partition coefficient (Wildman–Crippen LogP) is 2.55. The van der Waals surface area contributed by atoms with E-state index in [-0.39, 0.29) is 25.2 Å². The highest BCUT2D eigenvalue weighted by Crippen LogP contribution is 2.43. The van der Waals surface area contributed by atoms with Crippen molar-refractivity contribution in [3.8, 4) is 17.2 Å². The lowest BCUT2D eigenvalue weighted by Gasteiger charge is -2.49. The summed E-state index contributed by atoms with van der Waals surface area (Å²) in [5, 5.41) is 1.04. The van der Waals surface area contributed by atoms with Crippen LogP contribution in [0.3, 0.4) is 0 Å². The number of rotatable bonds is 3. The Morgan fingerprint density at radius 1 is 1.12 bits per heavy atom. The van der Waals surface area contributed by atoms with Crippen LogP contribution in [0.1, 0.15) is 23.7 Å². The number of fused-ring (bicyclic) bond motifs is 6. The lowest BCUT2D eigenvalue weighted by atomic mass is 9.83. The first-order chi connectivity index (χ1) is 15.5. The van der Waals surface area contributed by atoms with Crippen LogP contribution in [0.15, 0.2) is 36.4 Å². The molecule has 6 rings (SSSR count). The third kappa shape index (κ3) is 2.55. The van der Waals surface area contributed by atoms with E-state index in [1.54, 1.807) is 16.9 Å². The molecule has 1 aromatic heterocycles.